The Morgan fingerprint density at radius 2 is 1.65 bits per heavy atom. The largest absolute Gasteiger partial charge is 0.342 e. The maximum absolute atomic E-state index is 12.4. The van der Waals surface area contributed by atoms with Gasteiger partial charge < -0.3 is 4.90 Å². The number of carbonyl (C=O) groups excluding carboxylic acids is 1. The third-order valence-corrected chi connectivity index (χ3v) is 6.83. The Labute approximate surface area is 159 Å². The van der Waals surface area contributed by atoms with Crippen molar-refractivity contribution in [1.82, 2.24) is 4.90 Å². The molecule has 5 nitrogen and oxygen atoms in total. The fourth-order valence-electron chi connectivity index (χ4n) is 4.45. The van der Waals surface area contributed by atoms with Crippen molar-refractivity contribution < 1.29 is 9.78 Å². The molecule has 0 unspecified atom stereocenters. The molecule has 3 heterocycles. The summed E-state index contributed by atoms with van der Waals surface area (Å²) in [5.74, 6) is 1.83. The lowest BCUT2D eigenvalue weighted by Gasteiger charge is -2.22. The predicted molar refractivity (Wildman–Crippen MR) is 102 cm³/mol. The number of hydrogen-bond donors (Lipinski definition) is 0. The van der Waals surface area contributed by atoms with E-state index in [4.69, 9.17) is 0 Å². The number of H-pyrrole nitrogens is 1. The normalized spacial score (nSPS) is 19.5. The summed E-state index contributed by atoms with van der Waals surface area (Å²) in [5.41, 5.74) is 3.36. The standard InChI is InChI=1S/C20H26N4OS/c21-13-17-15-7-1-2-8-16(15)19(24-11-5-6-12-24)22-20(17)26-14-18(25)23-9-3-4-10-23/h1-12,14H2/p+1. The van der Waals surface area contributed by atoms with Crippen molar-refractivity contribution in [3.63, 3.8) is 0 Å². The molecule has 2 aliphatic heterocycles. The first-order chi connectivity index (χ1) is 12.8. The fraction of sp³-hybridized carbons (Fsp3) is 0.650. The Morgan fingerprint density at radius 1 is 1.00 bits per heavy atom. The maximum atomic E-state index is 12.4. The van der Waals surface area contributed by atoms with Crippen LogP contribution in [0, 0.1) is 11.3 Å². The molecule has 1 aromatic rings. The van der Waals surface area contributed by atoms with Gasteiger partial charge >= 0.3 is 0 Å². The molecule has 0 spiro atoms. The van der Waals surface area contributed by atoms with E-state index in [1.165, 1.54) is 48.0 Å². The number of hydrogen-bond acceptors (Lipinski definition) is 4. The molecule has 138 valence electrons. The summed E-state index contributed by atoms with van der Waals surface area (Å²) in [4.78, 5) is 20.4. The highest BCUT2D eigenvalue weighted by Crippen LogP contribution is 2.34. The van der Waals surface area contributed by atoms with Crippen molar-refractivity contribution in [2.75, 3.05) is 36.8 Å². The highest BCUT2D eigenvalue weighted by molar-refractivity contribution is 7.99. The average molecular weight is 372 g/mol. The molecule has 6 heteroatoms. The van der Waals surface area contributed by atoms with Gasteiger partial charge in [0.2, 0.25) is 5.91 Å². The number of thioether (sulfide) groups is 1. The molecule has 26 heavy (non-hydrogen) atoms. The Kier molecular flexibility index (Phi) is 5.35. The van der Waals surface area contributed by atoms with Crippen LogP contribution in [-0.2, 0) is 17.6 Å². The van der Waals surface area contributed by atoms with E-state index in [1.54, 1.807) is 0 Å². The van der Waals surface area contributed by atoms with Crippen LogP contribution >= 0.6 is 11.8 Å². The van der Waals surface area contributed by atoms with E-state index >= 15 is 0 Å². The quantitative estimate of drug-likeness (QED) is 0.763. The molecule has 1 aromatic heterocycles. The molecule has 0 radical (unpaired) electrons. The molecule has 0 aromatic carbocycles. The highest BCUT2D eigenvalue weighted by Gasteiger charge is 2.31. The van der Waals surface area contributed by atoms with Gasteiger partial charge in [0, 0.05) is 18.7 Å². The van der Waals surface area contributed by atoms with Gasteiger partial charge in [0.25, 0.3) is 5.82 Å². The van der Waals surface area contributed by atoms with Gasteiger partial charge in [0.05, 0.1) is 18.8 Å². The van der Waals surface area contributed by atoms with E-state index < -0.39 is 0 Å². The Morgan fingerprint density at radius 3 is 2.35 bits per heavy atom. The van der Waals surface area contributed by atoms with Crippen LogP contribution in [0.3, 0.4) is 0 Å². The lowest BCUT2D eigenvalue weighted by atomic mass is 9.89. The van der Waals surface area contributed by atoms with Crippen LogP contribution < -0.4 is 9.88 Å². The number of nitrogens with zero attached hydrogens (tertiary/aromatic N) is 3. The highest BCUT2D eigenvalue weighted by atomic mass is 32.2. The molecule has 2 saturated heterocycles. The maximum Gasteiger partial charge on any atom is 0.278 e. The van der Waals surface area contributed by atoms with Crippen LogP contribution in [0.25, 0.3) is 0 Å². The minimum atomic E-state index is 0.199. The number of anilines is 1. The van der Waals surface area contributed by atoms with Crippen molar-refractivity contribution >= 4 is 23.5 Å². The molecule has 0 atom stereocenters. The number of aromatic nitrogens is 1. The summed E-state index contributed by atoms with van der Waals surface area (Å²) >= 11 is 1.52. The number of nitriles is 1. The van der Waals surface area contributed by atoms with Gasteiger partial charge in [0.15, 0.2) is 5.03 Å². The van der Waals surface area contributed by atoms with Crippen LogP contribution in [0.15, 0.2) is 5.03 Å². The Hall–Kier alpha value is -1.74. The summed E-state index contributed by atoms with van der Waals surface area (Å²) in [6.45, 7) is 3.95. The fourth-order valence-corrected chi connectivity index (χ4v) is 5.39. The van der Waals surface area contributed by atoms with Crippen LogP contribution in [-0.4, -0.2) is 42.7 Å². The number of fused-ring (bicyclic) bond motifs is 1. The van der Waals surface area contributed by atoms with E-state index in [-0.39, 0.29) is 5.91 Å². The summed E-state index contributed by atoms with van der Waals surface area (Å²) in [6.07, 6.45) is 9.10. The molecular weight excluding hydrogens is 344 g/mol. The van der Waals surface area contributed by atoms with Crippen molar-refractivity contribution in [2.24, 2.45) is 0 Å². The summed E-state index contributed by atoms with van der Waals surface area (Å²) in [5, 5.41) is 10.7. The molecule has 1 aliphatic carbocycles. The number of aromatic amines is 1. The van der Waals surface area contributed by atoms with Crippen molar-refractivity contribution in [3.05, 3.63) is 16.7 Å². The smallest absolute Gasteiger partial charge is 0.278 e. The first kappa shape index (κ1) is 17.7. The second-order valence-electron chi connectivity index (χ2n) is 7.52. The zero-order valence-electron chi connectivity index (χ0n) is 15.4. The minimum Gasteiger partial charge on any atom is -0.342 e. The second kappa shape index (κ2) is 7.87. The van der Waals surface area contributed by atoms with Gasteiger partial charge in [-0.2, -0.15) is 5.26 Å². The Balaban J connectivity index is 1.63. The van der Waals surface area contributed by atoms with Crippen LogP contribution in [0.4, 0.5) is 5.82 Å². The lowest BCUT2D eigenvalue weighted by Crippen LogP contribution is -2.32. The average Bonchev–Trinajstić information content (AvgIpc) is 3.39. The van der Waals surface area contributed by atoms with Gasteiger partial charge in [0.1, 0.15) is 11.6 Å². The molecule has 2 fully saturated rings. The molecule has 0 bridgehead atoms. The van der Waals surface area contributed by atoms with E-state index in [0.717, 1.165) is 68.9 Å². The van der Waals surface area contributed by atoms with Gasteiger partial charge in [-0.1, -0.05) is 11.8 Å². The summed E-state index contributed by atoms with van der Waals surface area (Å²) < 4.78 is 0. The number of amides is 1. The van der Waals surface area contributed by atoms with Gasteiger partial charge in [-0.25, -0.2) is 4.98 Å². The van der Waals surface area contributed by atoms with E-state index in [1.807, 2.05) is 4.90 Å². The first-order valence-corrected chi connectivity index (χ1v) is 10.9. The van der Waals surface area contributed by atoms with Crippen LogP contribution in [0.1, 0.15) is 55.2 Å². The SMILES string of the molecule is N#Cc1c(SCC(=O)N2CCCC2)[nH+]c(N2CCCC2)c2c1CCCC2. The van der Waals surface area contributed by atoms with E-state index in [2.05, 4.69) is 16.0 Å². The number of carbonyl (C=O) groups is 1. The molecule has 3 aliphatic rings. The van der Waals surface area contributed by atoms with Crippen molar-refractivity contribution in [3.8, 4) is 6.07 Å². The molecule has 1 amide bonds. The zero-order valence-corrected chi connectivity index (χ0v) is 16.2. The lowest BCUT2D eigenvalue weighted by molar-refractivity contribution is -0.414. The van der Waals surface area contributed by atoms with Gasteiger partial charge in [-0.15, -0.1) is 0 Å². The van der Waals surface area contributed by atoms with Crippen molar-refractivity contribution in [1.29, 1.82) is 5.26 Å². The third kappa shape index (κ3) is 3.42. The van der Waals surface area contributed by atoms with Gasteiger partial charge in [-0.05, 0) is 56.9 Å². The number of rotatable bonds is 4. The minimum absolute atomic E-state index is 0.199. The topological polar surface area (TPSA) is 61.5 Å². The summed E-state index contributed by atoms with van der Waals surface area (Å²) in [7, 11) is 0. The number of nitrogens with one attached hydrogen (secondary N) is 1. The molecular formula is C20H27N4OS+. The predicted octanol–water partition coefficient (Wildman–Crippen LogP) is 2.57. The summed E-state index contributed by atoms with van der Waals surface area (Å²) in [6, 6.07) is 2.44. The van der Waals surface area contributed by atoms with E-state index in [0.29, 0.717) is 5.75 Å². The molecule has 4 rings (SSSR count). The monoisotopic (exact) mass is 371 g/mol. The number of likely N-dealkylation sites (tertiary alicyclic amines) is 1. The Bertz CT molecular complexity index is 730. The first-order valence-electron chi connectivity index (χ1n) is 9.94. The second-order valence-corrected chi connectivity index (χ2v) is 8.51. The molecule has 0 saturated carbocycles. The van der Waals surface area contributed by atoms with Gasteiger partial charge in [-0.3, -0.25) is 9.69 Å². The third-order valence-electron chi connectivity index (χ3n) is 5.85. The van der Waals surface area contributed by atoms with Crippen LogP contribution in [0.2, 0.25) is 0 Å². The zero-order chi connectivity index (χ0) is 17.9. The van der Waals surface area contributed by atoms with E-state index in [9.17, 15) is 10.1 Å². The number of pyridine rings is 1. The van der Waals surface area contributed by atoms with Crippen molar-refractivity contribution in [2.45, 2.75) is 56.4 Å². The van der Waals surface area contributed by atoms with Crippen LogP contribution in [0.5, 0.6) is 0 Å². The molecule has 1 N–H and O–H groups in total.